The summed E-state index contributed by atoms with van der Waals surface area (Å²) in [7, 11) is 0. The maximum Gasteiger partial charge on any atom is 0.173 e. The second-order valence-corrected chi connectivity index (χ2v) is 5.52. The summed E-state index contributed by atoms with van der Waals surface area (Å²) < 4.78 is 0. The minimum Gasteiger partial charge on any atom is -0.393 e. The van der Waals surface area contributed by atoms with Crippen LogP contribution in [0.1, 0.15) is 5.56 Å². The summed E-state index contributed by atoms with van der Waals surface area (Å²) in [5.41, 5.74) is 14.6. The molecule has 122 valence electrons. The van der Waals surface area contributed by atoms with Crippen LogP contribution < -0.4 is 21.9 Å². The van der Waals surface area contributed by atoms with Gasteiger partial charge in [-0.2, -0.15) is 0 Å². The van der Waals surface area contributed by atoms with Gasteiger partial charge in [-0.3, -0.25) is 10.9 Å². The Labute approximate surface area is 145 Å². The highest BCUT2D eigenvalue weighted by Gasteiger charge is 2.07. The molecular formula is C17H17ClN6. The van der Waals surface area contributed by atoms with Gasteiger partial charge in [0.05, 0.1) is 5.69 Å². The first-order chi connectivity index (χ1) is 11.7. The van der Waals surface area contributed by atoms with E-state index in [1.54, 1.807) is 0 Å². The smallest absolute Gasteiger partial charge is 0.173 e. The van der Waals surface area contributed by atoms with Crippen molar-refractivity contribution in [1.82, 2.24) is 9.97 Å². The molecule has 0 fully saturated rings. The quantitative estimate of drug-likeness (QED) is 0.511. The highest BCUT2D eigenvalue weighted by atomic mass is 35.5. The van der Waals surface area contributed by atoms with Crippen molar-refractivity contribution in [3.05, 3.63) is 71.5 Å². The molecule has 24 heavy (non-hydrogen) atoms. The van der Waals surface area contributed by atoms with E-state index in [1.807, 2.05) is 54.6 Å². The normalized spacial score (nSPS) is 10.2. The van der Waals surface area contributed by atoms with Gasteiger partial charge in [-0.25, -0.2) is 9.97 Å². The fourth-order valence-corrected chi connectivity index (χ4v) is 2.20. The number of hydrazine groups is 1. The molecule has 5 N–H and O–H groups in total. The largest absolute Gasteiger partial charge is 0.393 e. The van der Waals surface area contributed by atoms with E-state index in [0.717, 1.165) is 11.3 Å². The molecule has 2 aromatic carbocycles. The van der Waals surface area contributed by atoms with Crippen LogP contribution in [0.15, 0.2) is 60.9 Å². The lowest BCUT2D eigenvalue weighted by Crippen LogP contribution is -2.14. The Hall–Kier alpha value is -2.99. The molecule has 0 saturated carbocycles. The lowest BCUT2D eigenvalue weighted by Gasteiger charge is -2.13. The van der Waals surface area contributed by atoms with Crippen LogP contribution >= 0.6 is 11.6 Å². The van der Waals surface area contributed by atoms with E-state index in [-0.39, 0.29) is 0 Å². The van der Waals surface area contributed by atoms with Gasteiger partial charge in [0.1, 0.15) is 12.0 Å². The molecule has 1 aromatic heterocycles. The molecule has 0 unspecified atom stereocenters. The van der Waals surface area contributed by atoms with Crippen molar-refractivity contribution in [2.45, 2.75) is 6.54 Å². The van der Waals surface area contributed by atoms with E-state index in [4.69, 9.17) is 17.3 Å². The van der Waals surface area contributed by atoms with Crippen molar-refractivity contribution in [3.8, 4) is 0 Å². The molecular weight excluding hydrogens is 324 g/mol. The standard InChI is InChI=1S/C17H17ClN6/c18-13-8-6-12(7-9-13)10-20-16-15(19)17(22-11-21-16)24-23-14-4-2-1-3-5-14/h1-9,11,23H,10,19H2,(H2,20,21,22,24). The number of nitrogens with one attached hydrogen (secondary N) is 3. The first-order valence-electron chi connectivity index (χ1n) is 7.38. The second-order valence-electron chi connectivity index (χ2n) is 5.08. The number of rotatable bonds is 6. The van der Waals surface area contributed by atoms with Crippen molar-refractivity contribution in [3.63, 3.8) is 0 Å². The Balaban J connectivity index is 1.65. The predicted molar refractivity (Wildman–Crippen MR) is 98.9 cm³/mol. The predicted octanol–water partition coefficient (Wildman–Crippen LogP) is 3.76. The zero-order valence-corrected chi connectivity index (χ0v) is 13.6. The van der Waals surface area contributed by atoms with E-state index >= 15 is 0 Å². The van der Waals surface area contributed by atoms with Crippen molar-refractivity contribution in [2.75, 3.05) is 21.9 Å². The molecule has 0 spiro atoms. The van der Waals surface area contributed by atoms with E-state index in [2.05, 4.69) is 26.1 Å². The maximum absolute atomic E-state index is 6.12. The monoisotopic (exact) mass is 340 g/mol. The third-order valence-corrected chi connectivity index (χ3v) is 3.61. The number of hydrogen-bond donors (Lipinski definition) is 4. The molecule has 1 heterocycles. The van der Waals surface area contributed by atoms with E-state index in [1.165, 1.54) is 6.33 Å². The molecule has 0 bridgehead atoms. The zero-order valence-electron chi connectivity index (χ0n) is 12.8. The van der Waals surface area contributed by atoms with Crippen LogP contribution in [0.3, 0.4) is 0 Å². The number of aromatic nitrogens is 2. The average molecular weight is 341 g/mol. The van der Waals surface area contributed by atoms with Crippen molar-refractivity contribution in [1.29, 1.82) is 0 Å². The van der Waals surface area contributed by atoms with Gasteiger partial charge in [0, 0.05) is 11.6 Å². The van der Waals surface area contributed by atoms with Crippen LogP contribution in [0.4, 0.5) is 23.0 Å². The van der Waals surface area contributed by atoms with Gasteiger partial charge in [0.15, 0.2) is 11.6 Å². The molecule has 3 aromatic rings. The number of benzene rings is 2. The Morgan fingerprint density at radius 1 is 0.875 bits per heavy atom. The van der Waals surface area contributed by atoms with Gasteiger partial charge in [-0.05, 0) is 29.8 Å². The van der Waals surface area contributed by atoms with Gasteiger partial charge in [-0.1, -0.05) is 41.9 Å². The highest BCUT2D eigenvalue weighted by Crippen LogP contribution is 2.23. The Morgan fingerprint density at radius 2 is 1.58 bits per heavy atom. The number of anilines is 4. The van der Waals surface area contributed by atoms with Crippen LogP contribution in [0.25, 0.3) is 0 Å². The summed E-state index contributed by atoms with van der Waals surface area (Å²) in [6, 6.07) is 17.3. The topological polar surface area (TPSA) is 87.9 Å². The van der Waals surface area contributed by atoms with E-state index in [0.29, 0.717) is 28.9 Å². The molecule has 0 amide bonds. The Morgan fingerprint density at radius 3 is 2.33 bits per heavy atom. The van der Waals surface area contributed by atoms with E-state index in [9.17, 15) is 0 Å². The number of nitrogen functional groups attached to an aromatic ring is 1. The maximum atomic E-state index is 6.12. The number of nitrogens with two attached hydrogens (primary N) is 1. The van der Waals surface area contributed by atoms with Gasteiger partial charge >= 0.3 is 0 Å². The summed E-state index contributed by atoms with van der Waals surface area (Å²) in [6.07, 6.45) is 1.45. The molecule has 0 aliphatic rings. The molecule has 0 radical (unpaired) electrons. The van der Waals surface area contributed by atoms with Crippen molar-refractivity contribution >= 4 is 34.6 Å². The van der Waals surface area contributed by atoms with Crippen LogP contribution in [-0.4, -0.2) is 9.97 Å². The molecule has 0 saturated heterocycles. The number of nitrogens with zero attached hydrogens (tertiary/aromatic N) is 2. The third-order valence-electron chi connectivity index (χ3n) is 3.36. The van der Waals surface area contributed by atoms with Crippen LogP contribution in [0, 0.1) is 0 Å². The minimum atomic E-state index is 0.440. The zero-order chi connectivity index (χ0) is 16.8. The van der Waals surface area contributed by atoms with Gasteiger partial charge in [0.25, 0.3) is 0 Å². The molecule has 7 heteroatoms. The molecule has 3 rings (SSSR count). The summed E-state index contributed by atoms with van der Waals surface area (Å²) in [5, 5.41) is 3.91. The van der Waals surface area contributed by atoms with Crippen molar-refractivity contribution in [2.24, 2.45) is 0 Å². The first-order valence-corrected chi connectivity index (χ1v) is 7.76. The number of halogens is 1. The fraction of sp³-hybridized carbons (Fsp3) is 0.0588. The summed E-state index contributed by atoms with van der Waals surface area (Å²) in [4.78, 5) is 8.34. The summed E-state index contributed by atoms with van der Waals surface area (Å²) >= 11 is 5.88. The van der Waals surface area contributed by atoms with Crippen LogP contribution in [-0.2, 0) is 6.54 Å². The Kier molecular flexibility index (Phi) is 4.98. The lowest BCUT2D eigenvalue weighted by atomic mass is 10.2. The van der Waals surface area contributed by atoms with Crippen molar-refractivity contribution < 1.29 is 0 Å². The number of para-hydroxylation sites is 1. The number of hydrogen-bond acceptors (Lipinski definition) is 6. The highest BCUT2D eigenvalue weighted by molar-refractivity contribution is 6.30. The van der Waals surface area contributed by atoms with Gasteiger partial charge in [0.2, 0.25) is 0 Å². The average Bonchev–Trinajstić information content (AvgIpc) is 2.62. The Bertz CT molecular complexity index is 792. The third kappa shape index (κ3) is 4.05. The SMILES string of the molecule is Nc1c(NCc2ccc(Cl)cc2)ncnc1NNc1ccccc1. The summed E-state index contributed by atoms with van der Waals surface area (Å²) in [5.74, 6) is 1.07. The minimum absolute atomic E-state index is 0.440. The molecule has 0 aliphatic heterocycles. The van der Waals surface area contributed by atoms with E-state index < -0.39 is 0 Å². The fourth-order valence-electron chi connectivity index (χ4n) is 2.08. The molecule has 0 atom stereocenters. The molecule has 6 nitrogen and oxygen atoms in total. The second kappa shape index (κ2) is 7.52. The van der Waals surface area contributed by atoms with Gasteiger partial charge < -0.3 is 11.1 Å². The van der Waals surface area contributed by atoms with Crippen LogP contribution in [0.5, 0.6) is 0 Å². The van der Waals surface area contributed by atoms with Gasteiger partial charge in [-0.15, -0.1) is 0 Å². The van der Waals surface area contributed by atoms with Crippen LogP contribution in [0.2, 0.25) is 5.02 Å². The molecule has 0 aliphatic carbocycles. The summed E-state index contributed by atoms with van der Waals surface area (Å²) in [6.45, 7) is 0.587. The lowest BCUT2D eigenvalue weighted by molar-refractivity contribution is 1.08. The first kappa shape index (κ1) is 15.9.